The second kappa shape index (κ2) is 13.8. The van der Waals surface area contributed by atoms with Crippen molar-refractivity contribution in [3.63, 3.8) is 0 Å². The Morgan fingerprint density at radius 3 is 2.15 bits per heavy atom. The molecule has 3 rings (SSSR count). The molecule has 0 spiro atoms. The molecule has 1 heterocycles. The Bertz CT molecular complexity index is 1320. The summed E-state index contributed by atoms with van der Waals surface area (Å²) in [7, 11) is 0. The number of carbonyl (C=O) groups is 4. The van der Waals surface area contributed by atoms with Crippen molar-refractivity contribution in [3.05, 3.63) is 65.2 Å². The van der Waals surface area contributed by atoms with Crippen LogP contribution in [0, 0.1) is 11.8 Å². The highest BCUT2D eigenvalue weighted by atomic mass is 19.4. The lowest BCUT2D eigenvalue weighted by molar-refractivity contribution is -0.174. The van der Waals surface area contributed by atoms with Crippen LogP contribution in [-0.2, 0) is 14.4 Å². The number of alkyl halides is 3. The minimum atomic E-state index is -4.95. The normalized spacial score (nSPS) is 16.5. The van der Waals surface area contributed by atoms with Crippen LogP contribution < -0.4 is 21.4 Å². The fraction of sp³-hybridized carbons (Fsp3) is 0.333. The van der Waals surface area contributed by atoms with Gasteiger partial charge < -0.3 is 21.1 Å². The van der Waals surface area contributed by atoms with Gasteiger partial charge in [0, 0.05) is 41.5 Å². The topological polar surface area (TPSA) is 160 Å². The van der Waals surface area contributed by atoms with Crippen molar-refractivity contribution < 1.29 is 42.7 Å². The SMILES string of the molecule is C[C@@H](O)[C@H](NC(=O)c1ccc(C#Cc2ccc(NC(=O)CN3CC[C@@H](NC(=O)C(F)(F)F)C3)cc2)cc1)C(=O)NO. The molecule has 41 heavy (non-hydrogen) atoms. The summed E-state index contributed by atoms with van der Waals surface area (Å²) in [5.41, 5.74) is 3.33. The van der Waals surface area contributed by atoms with Gasteiger partial charge >= 0.3 is 12.1 Å². The van der Waals surface area contributed by atoms with Crippen molar-refractivity contribution in [3.8, 4) is 11.8 Å². The number of amides is 4. The van der Waals surface area contributed by atoms with Crippen LogP contribution in [-0.4, -0.2) is 82.8 Å². The van der Waals surface area contributed by atoms with Gasteiger partial charge in [-0.3, -0.25) is 29.3 Å². The van der Waals surface area contributed by atoms with Crippen molar-refractivity contribution in [1.82, 2.24) is 21.0 Å². The maximum Gasteiger partial charge on any atom is 0.471 e. The van der Waals surface area contributed by atoms with Gasteiger partial charge in [0.05, 0.1) is 12.6 Å². The highest BCUT2D eigenvalue weighted by Crippen LogP contribution is 2.17. The molecule has 218 valence electrons. The average molecular weight is 576 g/mol. The van der Waals surface area contributed by atoms with Crippen LogP contribution in [0.2, 0.25) is 0 Å². The van der Waals surface area contributed by atoms with Crippen LogP contribution in [0.15, 0.2) is 48.5 Å². The van der Waals surface area contributed by atoms with E-state index in [-0.39, 0.29) is 24.6 Å². The van der Waals surface area contributed by atoms with Gasteiger partial charge in [0.1, 0.15) is 6.04 Å². The predicted octanol–water partition coefficient (Wildman–Crippen LogP) is 0.762. The van der Waals surface area contributed by atoms with Gasteiger partial charge in [0.2, 0.25) is 5.91 Å². The Balaban J connectivity index is 1.49. The van der Waals surface area contributed by atoms with Crippen LogP contribution >= 0.6 is 0 Å². The molecular formula is C27H28F3N5O6. The third-order valence-corrected chi connectivity index (χ3v) is 6.06. The van der Waals surface area contributed by atoms with Gasteiger partial charge in [-0.2, -0.15) is 13.2 Å². The number of hydrogen-bond acceptors (Lipinski definition) is 7. The average Bonchev–Trinajstić information content (AvgIpc) is 3.36. The van der Waals surface area contributed by atoms with Crippen molar-refractivity contribution >= 4 is 29.3 Å². The standard InChI is InChI=1S/C27H28F3N5O6/c1-16(36)23(25(39)34-41)33-24(38)19-8-4-17(5-9-19)2-3-18-6-10-20(11-7-18)31-22(37)15-35-13-12-21(14-35)32-26(40)27(28,29)30/h4-11,16,21,23,36,41H,12-15H2,1H3,(H,31,37)(H,32,40)(H,33,38)(H,34,39)/t16-,21-,23+/m1/s1. The third kappa shape index (κ3) is 9.31. The molecule has 1 aliphatic rings. The molecule has 4 amide bonds. The minimum absolute atomic E-state index is 0.0394. The van der Waals surface area contributed by atoms with Crippen LogP contribution in [0.1, 0.15) is 34.8 Å². The molecule has 0 aromatic heterocycles. The molecule has 1 saturated heterocycles. The molecule has 0 radical (unpaired) electrons. The van der Waals surface area contributed by atoms with E-state index in [0.29, 0.717) is 29.8 Å². The van der Waals surface area contributed by atoms with Crippen LogP contribution in [0.3, 0.4) is 0 Å². The highest BCUT2D eigenvalue weighted by Gasteiger charge is 2.40. The number of likely N-dealkylation sites (tertiary alicyclic amines) is 1. The van der Waals surface area contributed by atoms with Crippen molar-refractivity contribution in [2.45, 2.75) is 37.7 Å². The highest BCUT2D eigenvalue weighted by molar-refractivity contribution is 5.97. The summed E-state index contributed by atoms with van der Waals surface area (Å²) < 4.78 is 37.2. The number of hydrogen-bond donors (Lipinski definition) is 6. The number of rotatable bonds is 8. The first-order chi connectivity index (χ1) is 19.3. The lowest BCUT2D eigenvalue weighted by Gasteiger charge is -2.19. The van der Waals surface area contributed by atoms with Crippen LogP contribution in [0.5, 0.6) is 0 Å². The number of anilines is 1. The largest absolute Gasteiger partial charge is 0.471 e. The van der Waals surface area contributed by atoms with Crippen molar-refractivity contribution in [1.29, 1.82) is 0 Å². The molecule has 0 aliphatic carbocycles. The first-order valence-electron chi connectivity index (χ1n) is 12.4. The maximum absolute atomic E-state index is 12.4. The summed E-state index contributed by atoms with van der Waals surface area (Å²) in [6, 6.07) is 10.8. The van der Waals surface area contributed by atoms with Gasteiger partial charge in [0.25, 0.3) is 11.8 Å². The molecule has 0 unspecified atom stereocenters. The number of nitrogens with one attached hydrogen (secondary N) is 4. The molecule has 3 atom stereocenters. The number of carbonyl (C=O) groups excluding carboxylic acids is 4. The summed E-state index contributed by atoms with van der Waals surface area (Å²) in [4.78, 5) is 49.0. The molecule has 0 bridgehead atoms. The van der Waals surface area contributed by atoms with E-state index in [2.05, 4.69) is 22.5 Å². The minimum Gasteiger partial charge on any atom is -0.391 e. The zero-order valence-electron chi connectivity index (χ0n) is 21.8. The summed E-state index contributed by atoms with van der Waals surface area (Å²) in [6.07, 6.45) is -5.87. The van der Waals surface area contributed by atoms with E-state index < -0.39 is 42.1 Å². The Morgan fingerprint density at radius 1 is 1.02 bits per heavy atom. The summed E-state index contributed by atoms with van der Waals surface area (Å²) in [5, 5.41) is 25.3. The number of hydroxylamine groups is 1. The number of aliphatic hydroxyl groups is 1. The molecule has 6 N–H and O–H groups in total. The van der Waals surface area contributed by atoms with Crippen LogP contribution in [0.25, 0.3) is 0 Å². The number of nitrogens with zero attached hydrogens (tertiary/aromatic N) is 1. The fourth-order valence-corrected chi connectivity index (χ4v) is 3.95. The van der Waals surface area contributed by atoms with Gasteiger partial charge in [-0.15, -0.1) is 0 Å². The van der Waals surface area contributed by atoms with Gasteiger partial charge in [-0.25, -0.2) is 5.48 Å². The first-order valence-corrected chi connectivity index (χ1v) is 12.4. The van der Waals surface area contributed by atoms with Gasteiger partial charge in [-0.1, -0.05) is 11.8 Å². The lowest BCUT2D eigenvalue weighted by atomic mass is 10.1. The van der Waals surface area contributed by atoms with E-state index >= 15 is 0 Å². The molecule has 1 aliphatic heterocycles. The van der Waals surface area contributed by atoms with Crippen molar-refractivity contribution in [2.24, 2.45) is 0 Å². The summed E-state index contributed by atoms with van der Waals surface area (Å²) >= 11 is 0. The van der Waals surface area contributed by atoms with E-state index in [4.69, 9.17) is 5.21 Å². The van der Waals surface area contributed by atoms with Crippen LogP contribution in [0.4, 0.5) is 18.9 Å². The Hall–Kier alpha value is -4.45. The van der Waals surface area contributed by atoms with Gasteiger partial charge in [0.15, 0.2) is 0 Å². The predicted molar refractivity (Wildman–Crippen MR) is 139 cm³/mol. The molecule has 1 fully saturated rings. The Kier molecular flexibility index (Phi) is 10.4. The van der Waals surface area contributed by atoms with E-state index in [1.165, 1.54) is 24.5 Å². The molecule has 14 heteroatoms. The third-order valence-electron chi connectivity index (χ3n) is 6.06. The lowest BCUT2D eigenvalue weighted by Crippen LogP contribution is -2.51. The summed E-state index contributed by atoms with van der Waals surface area (Å²) in [6.45, 7) is 1.76. The molecular weight excluding hydrogens is 547 g/mol. The second-order valence-corrected chi connectivity index (χ2v) is 9.31. The second-order valence-electron chi connectivity index (χ2n) is 9.31. The van der Waals surface area contributed by atoms with E-state index in [1.54, 1.807) is 41.3 Å². The molecule has 11 nitrogen and oxygen atoms in total. The fourth-order valence-electron chi connectivity index (χ4n) is 3.95. The molecule has 0 saturated carbocycles. The monoisotopic (exact) mass is 575 g/mol. The first kappa shape index (κ1) is 31.1. The quantitative estimate of drug-likeness (QED) is 0.154. The van der Waals surface area contributed by atoms with E-state index in [0.717, 1.165) is 0 Å². The van der Waals surface area contributed by atoms with Crippen molar-refractivity contribution in [2.75, 3.05) is 25.0 Å². The number of benzene rings is 2. The number of halogens is 3. The maximum atomic E-state index is 12.4. The Morgan fingerprint density at radius 2 is 1.61 bits per heavy atom. The number of aliphatic hydroxyl groups excluding tert-OH is 1. The smallest absolute Gasteiger partial charge is 0.391 e. The molecule has 2 aromatic carbocycles. The van der Waals surface area contributed by atoms with E-state index in [1.807, 2.05) is 5.32 Å². The summed E-state index contributed by atoms with van der Waals surface area (Å²) in [5.74, 6) is 1.95. The zero-order valence-corrected chi connectivity index (χ0v) is 21.8. The zero-order chi connectivity index (χ0) is 30.2. The van der Waals surface area contributed by atoms with Gasteiger partial charge in [-0.05, 0) is 61.9 Å². The van der Waals surface area contributed by atoms with E-state index in [9.17, 15) is 37.5 Å². The Labute approximate surface area is 233 Å². The molecule has 2 aromatic rings.